The van der Waals surface area contributed by atoms with E-state index in [9.17, 15) is 4.39 Å². The second-order valence-electron chi connectivity index (χ2n) is 4.99. The molecule has 0 spiro atoms. The van der Waals surface area contributed by atoms with Crippen LogP contribution in [-0.2, 0) is 6.54 Å². The van der Waals surface area contributed by atoms with Gasteiger partial charge in [0.2, 0.25) is 0 Å². The van der Waals surface area contributed by atoms with Crippen LogP contribution < -0.4 is 10.2 Å². The summed E-state index contributed by atoms with van der Waals surface area (Å²) in [6.45, 7) is 11.3. The molecule has 0 fully saturated rings. The van der Waals surface area contributed by atoms with Gasteiger partial charge in [0.05, 0.1) is 6.20 Å². The van der Waals surface area contributed by atoms with E-state index in [0.717, 1.165) is 17.0 Å². The molecule has 0 saturated heterocycles. The molecule has 0 aliphatic carbocycles. The number of nitrogens with one attached hydrogen (secondary N) is 1. The van der Waals surface area contributed by atoms with Gasteiger partial charge in [0.15, 0.2) is 0 Å². The van der Waals surface area contributed by atoms with Crippen molar-refractivity contribution in [2.24, 2.45) is 0 Å². The van der Waals surface area contributed by atoms with E-state index in [-0.39, 0.29) is 5.82 Å². The van der Waals surface area contributed by atoms with Crippen LogP contribution in [0, 0.1) is 5.82 Å². The Hall–Kier alpha value is -1.42. The molecule has 1 heterocycles. The van der Waals surface area contributed by atoms with Crippen molar-refractivity contribution in [3.05, 3.63) is 35.8 Å². The van der Waals surface area contributed by atoms with Gasteiger partial charge in [-0.3, -0.25) is 0 Å². The molecule has 1 rings (SSSR count). The van der Waals surface area contributed by atoms with Crippen molar-refractivity contribution < 1.29 is 4.39 Å². The normalized spacial score (nSPS) is 10.8. The van der Waals surface area contributed by atoms with E-state index in [2.05, 4.69) is 30.7 Å². The number of aromatic nitrogens is 1. The van der Waals surface area contributed by atoms with Crippen molar-refractivity contribution in [1.29, 1.82) is 0 Å². The molecule has 0 aromatic carbocycles. The van der Waals surface area contributed by atoms with Crippen LogP contribution in [0.1, 0.15) is 26.3 Å². The van der Waals surface area contributed by atoms with E-state index in [1.165, 1.54) is 12.3 Å². The average Bonchev–Trinajstić information content (AvgIpc) is 2.25. The molecule has 4 heteroatoms. The van der Waals surface area contributed by atoms with Gasteiger partial charge in [-0.25, -0.2) is 9.37 Å². The van der Waals surface area contributed by atoms with Crippen LogP contribution in [0.4, 0.5) is 10.2 Å². The van der Waals surface area contributed by atoms with Gasteiger partial charge >= 0.3 is 0 Å². The van der Waals surface area contributed by atoms with Crippen LogP contribution in [0.15, 0.2) is 24.4 Å². The van der Waals surface area contributed by atoms with Gasteiger partial charge in [-0.2, -0.15) is 0 Å². The van der Waals surface area contributed by atoms with E-state index in [0.29, 0.717) is 19.1 Å². The first-order chi connectivity index (χ1) is 8.40. The lowest BCUT2D eigenvalue weighted by atomic mass is 10.2. The molecule has 1 N–H and O–H groups in total. The highest BCUT2D eigenvalue weighted by Gasteiger charge is 2.11. The number of hydrogen-bond acceptors (Lipinski definition) is 3. The molecule has 3 nitrogen and oxygen atoms in total. The number of anilines is 1. The minimum absolute atomic E-state index is 0.303. The first kappa shape index (κ1) is 14.6. The van der Waals surface area contributed by atoms with E-state index in [4.69, 9.17) is 0 Å². The second-order valence-corrected chi connectivity index (χ2v) is 4.99. The molecule has 100 valence electrons. The van der Waals surface area contributed by atoms with Crippen LogP contribution in [0.25, 0.3) is 0 Å². The third-order valence-electron chi connectivity index (χ3n) is 2.48. The Kier molecular flexibility index (Phi) is 5.28. The van der Waals surface area contributed by atoms with Crippen LogP contribution in [0.3, 0.4) is 0 Å². The third kappa shape index (κ3) is 4.45. The molecule has 0 saturated carbocycles. The number of rotatable bonds is 6. The SMILES string of the molecule is C=C(C)CN(C)c1ncc(F)cc1CNC(C)C. The van der Waals surface area contributed by atoms with Crippen LogP contribution in [-0.4, -0.2) is 24.6 Å². The van der Waals surface area contributed by atoms with Crippen molar-refractivity contribution >= 4 is 5.82 Å². The fourth-order valence-corrected chi connectivity index (χ4v) is 1.74. The zero-order chi connectivity index (χ0) is 13.7. The van der Waals surface area contributed by atoms with Crippen molar-refractivity contribution in [1.82, 2.24) is 10.3 Å². The Bertz CT molecular complexity index is 416. The molecule has 18 heavy (non-hydrogen) atoms. The van der Waals surface area contributed by atoms with Gasteiger partial charge in [-0.05, 0) is 13.0 Å². The molecular weight excluding hydrogens is 229 g/mol. The topological polar surface area (TPSA) is 28.2 Å². The van der Waals surface area contributed by atoms with Crippen LogP contribution >= 0.6 is 0 Å². The molecular formula is C14H22FN3. The Morgan fingerprint density at radius 3 is 2.78 bits per heavy atom. The lowest BCUT2D eigenvalue weighted by Crippen LogP contribution is -2.26. The van der Waals surface area contributed by atoms with Crippen molar-refractivity contribution in [2.75, 3.05) is 18.5 Å². The molecule has 0 atom stereocenters. The van der Waals surface area contributed by atoms with Crippen LogP contribution in [0.5, 0.6) is 0 Å². The Morgan fingerprint density at radius 2 is 2.22 bits per heavy atom. The van der Waals surface area contributed by atoms with E-state index in [1.54, 1.807) is 0 Å². The zero-order valence-corrected chi connectivity index (χ0v) is 11.6. The zero-order valence-electron chi connectivity index (χ0n) is 11.6. The van der Waals surface area contributed by atoms with Gasteiger partial charge in [0.25, 0.3) is 0 Å². The summed E-state index contributed by atoms with van der Waals surface area (Å²) in [5.41, 5.74) is 1.92. The summed E-state index contributed by atoms with van der Waals surface area (Å²) in [7, 11) is 1.94. The fraction of sp³-hybridized carbons (Fsp3) is 0.500. The monoisotopic (exact) mass is 251 g/mol. The van der Waals surface area contributed by atoms with E-state index < -0.39 is 0 Å². The predicted octanol–water partition coefficient (Wildman–Crippen LogP) is 2.73. The molecule has 1 aromatic heterocycles. The summed E-state index contributed by atoms with van der Waals surface area (Å²) in [4.78, 5) is 6.16. The van der Waals surface area contributed by atoms with Gasteiger partial charge in [0, 0.05) is 31.7 Å². The van der Waals surface area contributed by atoms with E-state index in [1.807, 2.05) is 18.9 Å². The highest BCUT2D eigenvalue weighted by atomic mass is 19.1. The quantitative estimate of drug-likeness (QED) is 0.788. The number of halogens is 1. The largest absolute Gasteiger partial charge is 0.355 e. The maximum absolute atomic E-state index is 13.3. The first-order valence-electron chi connectivity index (χ1n) is 6.13. The summed E-state index contributed by atoms with van der Waals surface area (Å²) in [5.74, 6) is 0.496. The molecule has 0 amide bonds. The standard InChI is InChI=1S/C14H22FN3/c1-10(2)9-18(5)14-12(7-16-11(3)4)6-13(15)8-17-14/h6,8,11,16H,1,7,9H2,2-5H3. The first-order valence-corrected chi connectivity index (χ1v) is 6.13. The highest BCUT2D eigenvalue weighted by molar-refractivity contribution is 5.47. The van der Waals surface area contributed by atoms with Gasteiger partial charge in [0.1, 0.15) is 11.6 Å². The fourth-order valence-electron chi connectivity index (χ4n) is 1.74. The van der Waals surface area contributed by atoms with Crippen molar-refractivity contribution in [3.63, 3.8) is 0 Å². The highest BCUT2D eigenvalue weighted by Crippen LogP contribution is 2.18. The summed E-state index contributed by atoms with van der Waals surface area (Å²) in [6.07, 6.45) is 1.25. The minimum atomic E-state index is -0.303. The average molecular weight is 251 g/mol. The summed E-state index contributed by atoms with van der Waals surface area (Å²) >= 11 is 0. The molecule has 0 aliphatic rings. The third-order valence-corrected chi connectivity index (χ3v) is 2.48. The second kappa shape index (κ2) is 6.50. The Morgan fingerprint density at radius 1 is 1.56 bits per heavy atom. The van der Waals surface area contributed by atoms with Gasteiger partial charge < -0.3 is 10.2 Å². The van der Waals surface area contributed by atoms with Gasteiger partial charge in [-0.1, -0.05) is 26.0 Å². The summed E-state index contributed by atoms with van der Waals surface area (Å²) < 4.78 is 13.3. The minimum Gasteiger partial charge on any atom is -0.355 e. The lowest BCUT2D eigenvalue weighted by molar-refractivity contribution is 0.577. The number of pyridine rings is 1. The predicted molar refractivity (Wildman–Crippen MR) is 74.3 cm³/mol. The molecule has 0 aliphatic heterocycles. The van der Waals surface area contributed by atoms with Crippen molar-refractivity contribution in [2.45, 2.75) is 33.4 Å². The Balaban J connectivity index is 2.91. The summed E-state index contributed by atoms with van der Waals surface area (Å²) in [5, 5.41) is 3.28. The maximum Gasteiger partial charge on any atom is 0.141 e. The smallest absolute Gasteiger partial charge is 0.141 e. The molecule has 0 radical (unpaired) electrons. The molecule has 1 aromatic rings. The van der Waals surface area contributed by atoms with Crippen molar-refractivity contribution in [3.8, 4) is 0 Å². The Labute approximate surface area is 109 Å². The number of likely N-dealkylation sites (N-methyl/N-ethyl adjacent to an activating group) is 1. The maximum atomic E-state index is 13.3. The number of nitrogens with zero attached hydrogens (tertiary/aromatic N) is 2. The molecule has 0 unspecified atom stereocenters. The van der Waals surface area contributed by atoms with Gasteiger partial charge in [-0.15, -0.1) is 0 Å². The molecule has 0 bridgehead atoms. The lowest BCUT2D eigenvalue weighted by Gasteiger charge is -2.22. The van der Waals surface area contributed by atoms with E-state index >= 15 is 0 Å². The summed E-state index contributed by atoms with van der Waals surface area (Å²) in [6, 6.07) is 1.89. The number of hydrogen-bond donors (Lipinski definition) is 1. The van der Waals surface area contributed by atoms with Crippen LogP contribution in [0.2, 0.25) is 0 Å².